The largest absolute Gasteiger partial charge is 0.497 e. The predicted molar refractivity (Wildman–Crippen MR) is 79.2 cm³/mol. The molecule has 0 bridgehead atoms. The zero-order valence-electron chi connectivity index (χ0n) is 12.2. The summed E-state index contributed by atoms with van der Waals surface area (Å²) in [5.74, 6) is 2.47. The highest BCUT2D eigenvalue weighted by molar-refractivity contribution is 5.59. The average Bonchev–Trinajstić information content (AvgIpc) is 2.48. The molecule has 0 aliphatic heterocycles. The summed E-state index contributed by atoms with van der Waals surface area (Å²) in [6.45, 7) is 2.29. The molecule has 2 rings (SSSR count). The molecule has 3 heteroatoms. The summed E-state index contributed by atoms with van der Waals surface area (Å²) in [4.78, 5) is 0. The molecule has 0 radical (unpaired) electrons. The fraction of sp³-hybridized carbons (Fsp3) is 0.625. The molecule has 1 N–H and O–H groups in total. The lowest BCUT2D eigenvalue weighted by Crippen LogP contribution is -2.31. The minimum absolute atomic E-state index is 0.570. The number of methoxy groups -OCH3 is 2. The molecule has 1 fully saturated rings. The molecule has 1 aliphatic carbocycles. The molecule has 0 spiro atoms. The van der Waals surface area contributed by atoms with Gasteiger partial charge in [-0.15, -0.1) is 0 Å². The molecule has 1 aromatic rings. The maximum Gasteiger partial charge on any atom is 0.145 e. The summed E-state index contributed by atoms with van der Waals surface area (Å²) in [6.07, 6.45) is 6.54. The lowest BCUT2D eigenvalue weighted by Gasteiger charge is -2.32. The number of rotatable bonds is 5. The molecule has 0 heterocycles. The van der Waals surface area contributed by atoms with Crippen LogP contribution in [-0.4, -0.2) is 20.3 Å². The van der Waals surface area contributed by atoms with E-state index < -0.39 is 0 Å². The molecule has 0 aromatic heterocycles. The Morgan fingerprint density at radius 2 is 1.95 bits per heavy atom. The van der Waals surface area contributed by atoms with E-state index in [1.807, 2.05) is 12.1 Å². The van der Waals surface area contributed by atoms with Gasteiger partial charge in [-0.25, -0.2) is 0 Å². The van der Waals surface area contributed by atoms with Crippen molar-refractivity contribution in [2.24, 2.45) is 5.92 Å². The first kappa shape index (κ1) is 14.0. The topological polar surface area (TPSA) is 30.5 Å². The van der Waals surface area contributed by atoms with Crippen molar-refractivity contribution in [1.82, 2.24) is 0 Å². The third-order valence-electron chi connectivity index (χ3n) is 4.18. The summed E-state index contributed by atoms with van der Waals surface area (Å²) in [5, 5.41) is 3.67. The first-order valence-electron chi connectivity index (χ1n) is 7.27. The summed E-state index contributed by atoms with van der Waals surface area (Å²) in [6, 6.07) is 6.54. The van der Waals surface area contributed by atoms with Crippen LogP contribution in [0, 0.1) is 5.92 Å². The Bertz CT molecular complexity index is 406. The maximum atomic E-state index is 5.46. The summed E-state index contributed by atoms with van der Waals surface area (Å²) in [7, 11) is 3.38. The predicted octanol–water partition coefficient (Wildman–Crippen LogP) is 4.08. The lowest BCUT2D eigenvalue weighted by atomic mass is 9.83. The van der Waals surface area contributed by atoms with Crippen molar-refractivity contribution in [1.29, 1.82) is 0 Å². The van der Waals surface area contributed by atoms with Crippen molar-refractivity contribution in [2.45, 2.75) is 45.1 Å². The third-order valence-corrected chi connectivity index (χ3v) is 4.18. The van der Waals surface area contributed by atoms with Gasteiger partial charge < -0.3 is 14.8 Å². The van der Waals surface area contributed by atoms with Gasteiger partial charge in [0.15, 0.2) is 0 Å². The highest BCUT2D eigenvalue weighted by atomic mass is 16.5. The van der Waals surface area contributed by atoms with Crippen molar-refractivity contribution in [2.75, 3.05) is 19.5 Å². The number of hydrogen-bond acceptors (Lipinski definition) is 3. The molecule has 1 saturated carbocycles. The standard InChI is InChI=1S/C16H25NO2/c1-4-12-7-5-6-8-14(12)17-15-10-9-13(18-2)11-16(15)19-3/h9-12,14,17H,4-8H2,1-3H3. The molecule has 19 heavy (non-hydrogen) atoms. The van der Waals surface area contributed by atoms with Crippen LogP contribution < -0.4 is 14.8 Å². The molecular formula is C16H25NO2. The molecule has 1 aromatic carbocycles. The lowest BCUT2D eigenvalue weighted by molar-refractivity contribution is 0.316. The maximum absolute atomic E-state index is 5.46. The van der Waals surface area contributed by atoms with Crippen molar-refractivity contribution < 1.29 is 9.47 Å². The normalized spacial score (nSPS) is 22.9. The van der Waals surface area contributed by atoms with Crippen molar-refractivity contribution >= 4 is 5.69 Å². The summed E-state index contributed by atoms with van der Waals surface area (Å²) >= 11 is 0. The summed E-state index contributed by atoms with van der Waals surface area (Å²) in [5.41, 5.74) is 1.08. The molecule has 0 saturated heterocycles. The van der Waals surface area contributed by atoms with Crippen LogP contribution in [0.3, 0.4) is 0 Å². The molecule has 3 nitrogen and oxygen atoms in total. The number of benzene rings is 1. The van der Waals surface area contributed by atoms with Crippen LogP contribution in [0.25, 0.3) is 0 Å². The zero-order chi connectivity index (χ0) is 13.7. The van der Waals surface area contributed by atoms with Gasteiger partial charge >= 0.3 is 0 Å². The Morgan fingerprint density at radius 3 is 2.63 bits per heavy atom. The van der Waals surface area contributed by atoms with Gasteiger partial charge in [0, 0.05) is 12.1 Å². The molecule has 0 amide bonds. The van der Waals surface area contributed by atoms with Crippen LogP contribution in [0.15, 0.2) is 18.2 Å². The van der Waals surface area contributed by atoms with E-state index in [1.165, 1.54) is 32.1 Å². The first-order valence-corrected chi connectivity index (χ1v) is 7.27. The fourth-order valence-electron chi connectivity index (χ4n) is 3.00. The van der Waals surface area contributed by atoms with Gasteiger partial charge in [-0.05, 0) is 30.9 Å². The van der Waals surface area contributed by atoms with E-state index in [1.54, 1.807) is 14.2 Å². The van der Waals surface area contributed by atoms with Crippen LogP contribution in [0.2, 0.25) is 0 Å². The Labute approximate surface area is 116 Å². The Hall–Kier alpha value is -1.38. The number of hydrogen-bond donors (Lipinski definition) is 1. The van der Waals surface area contributed by atoms with Gasteiger partial charge in [0.25, 0.3) is 0 Å². The van der Waals surface area contributed by atoms with Gasteiger partial charge in [0.1, 0.15) is 11.5 Å². The Kier molecular flexibility index (Phi) is 4.94. The van der Waals surface area contributed by atoms with Crippen molar-refractivity contribution in [3.63, 3.8) is 0 Å². The first-order chi connectivity index (χ1) is 9.28. The van der Waals surface area contributed by atoms with Gasteiger partial charge in [-0.3, -0.25) is 0 Å². The highest BCUT2D eigenvalue weighted by Gasteiger charge is 2.24. The van der Waals surface area contributed by atoms with Crippen molar-refractivity contribution in [3.05, 3.63) is 18.2 Å². The second-order valence-electron chi connectivity index (χ2n) is 5.27. The average molecular weight is 263 g/mol. The van der Waals surface area contributed by atoms with Crippen molar-refractivity contribution in [3.8, 4) is 11.5 Å². The van der Waals surface area contributed by atoms with Gasteiger partial charge in [0.2, 0.25) is 0 Å². The van der Waals surface area contributed by atoms with Crippen LogP contribution in [0.1, 0.15) is 39.0 Å². The van der Waals surface area contributed by atoms with E-state index in [-0.39, 0.29) is 0 Å². The zero-order valence-corrected chi connectivity index (χ0v) is 12.2. The monoisotopic (exact) mass is 263 g/mol. The van der Waals surface area contributed by atoms with E-state index in [0.29, 0.717) is 6.04 Å². The summed E-state index contributed by atoms with van der Waals surface area (Å²) < 4.78 is 10.7. The highest BCUT2D eigenvalue weighted by Crippen LogP contribution is 2.34. The van der Waals surface area contributed by atoms with Gasteiger partial charge in [-0.2, -0.15) is 0 Å². The fourth-order valence-corrected chi connectivity index (χ4v) is 3.00. The van der Waals surface area contributed by atoms with Gasteiger partial charge in [-0.1, -0.05) is 26.2 Å². The van der Waals surface area contributed by atoms with E-state index in [9.17, 15) is 0 Å². The van der Waals surface area contributed by atoms with Crippen LogP contribution >= 0.6 is 0 Å². The van der Waals surface area contributed by atoms with Crippen LogP contribution in [-0.2, 0) is 0 Å². The molecular weight excluding hydrogens is 238 g/mol. The van der Waals surface area contributed by atoms with E-state index in [0.717, 1.165) is 23.1 Å². The quantitative estimate of drug-likeness (QED) is 0.868. The molecule has 106 valence electrons. The molecule has 2 unspecified atom stereocenters. The molecule has 1 aliphatic rings. The Morgan fingerprint density at radius 1 is 1.16 bits per heavy atom. The number of ether oxygens (including phenoxy) is 2. The van der Waals surface area contributed by atoms with Crippen LogP contribution in [0.5, 0.6) is 11.5 Å². The molecule has 2 atom stereocenters. The minimum Gasteiger partial charge on any atom is -0.497 e. The SMILES string of the molecule is CCC1CCCCC1Nc1ccc(OC)cc1OC. The number of anilines is 1. The van der Waals surface area contributed by atoms with Crippen LogP contribution in [0.4, 0.5) is 5.69 Å². The third kappa shape index (κ3) is 3.34. The smallest absolute Gasteiger partial charge is 0.145 e. The second-order valence-corrected chi connectivity index (χ2v) is 5.27. The van der Waals surface area contributed by atoms with E-state index in [4.69, 9.17) is 9.47 Å². The Balaban J connectivity index is 2.12. The minimum atomic E-state index is 0.570. The number of nitrogens with one attached hydrogen (secondary N) is 1. The van der Waals surface area contributed by atoms with E-state index in [2.05, 4.69) is 18.3 Å². The second kappa shape index (κ2) is 6.69. The van der Waals surface area contributed by atoms with Gasteiger partial charge in [0.05, 0.1) is 19.9 Å². The van der Waals surface area contributed by atoms with E-state index >= 15 is 0 Å².